The van der Waals surface area contributed by atoms with E-state index in [2.05, 4.69) is 10.3 Å². The lowest BCUT2D eigenvalue weighted by Crippen LogP contribution is -2.28. The van der Waals surface area contributed by atoms with Crippen LogP contribution in [-0.4, -0.2) is 56.6 Å². The monoisotopic (exact) mass is 404 g/mol. The third-order valence-electron chi connectivity index (χ3n) is 6.08. The third-order valence-corrected chi connectivity index (χ3v) is 6.08. The summed E-state index contributed by atoms with van der Waals surface area (Å²) in [6.07, 6.45) is 6.29. The Morgan fingerprint density at radius 2 is 2.03 bits per heavy atom. The molecule has 154 valence electrons. The van der Waals surface area contributed by atoms with Gasteiger partial charge in [-0.05, 0) is 37.5 Å². The van der Waals surface area contributed by atoms with Crippen molar-refractivity contribution in [3.63, 3.8) is 0 Å². The Balaban J connectivity index is 1.52. The molecule has 0 bridgehead atoms. The number of nitrogens with one attached hydrogen (secondary N) is 1. The van der Waals surface area contributed by atoms with Gasteiger partial charge in [0.2, 0.25) is 0 Å². The second-order valence-corrected chi connectivity index (χ2v) is 8.13. The molecule has 4 heterocycles. The average molecular weight is 404 g/mol. The molecule has 2 aliphatic rings. The highest BCUT2D eigenvalue weighted by atomic mass is 16.2. The van der Waals surface area contributed by atoms with Crippen LogP contribution in [0.3, 0.4) is 0 Å². The molecule has 5 rings (SSSR count). The number of nitrogens with zero attached hydrogens (tertiary/aromatic N) is 5. The van der Waals surface area contributed by atoms with E-state index in [9.17, 15) is 9.59 Å². The number of hydrogen-bond acceptors (Lipinski definition) is 5. The maximum Gasteiger partial charge on any atom is 0.255 e. The molecule has 0 spiro atoms. The summed E-state index contributed by atoms with van der Waals surface area (Å²) in [6.45, 7) is 1.22. The number of fused-ring (bicyclic) bond motifs is 1. The van der Waals surface area contributed by atoms with Crippen LogP contribution < -0.4 is 5.32 Å². The van der Waals surface area contributed by atoms with Gasteiger partial charge in [-0.25, -0.2) is 4.98 Å². The van der Waals surface area contributed by atoms with Gasteiger partial charge in [-0.1, -0.05) is 0 Å². The Kier molecular flexibility index (Phi) is 4.49. The zero-order chi connectivity index (χ0) is 20.8. The lowest BCUT2D eigenvalue weighted by atomic mass is 9.98. The number of aryl methyl sites for hydroxylation is 1. The molecule has 3 aromatic rings. The van der Waals surface area contributed by atoms with Gasteiger partial charge in [0.05, 0.1) is 22.2 Å². The van der Waals surface area contributed by atoms with E-state index < -0.39 is 0 Å². The predicted octanol–water partition coefficient (Wildman–Crippen LogP) is 2.23. The van der Waals surface area contributed by atoms with Crippen LogP contribution in [0.2, 0.25) is 0 Å². The van der Waals surface area contributed by atoms with E-state index >= 15 is 0 Å². The van der Waals surface area contributed by atoms with Crippen LogP contribution in [0.1, 0.15) is 63.2 Å². The van der Waals surface area contributed by atoms with Gasteiger partial charge >= 0.3 is 0 Å². The number of carbonyl (C=O) groups excluding carboxylic acids is 2. The summed E-state index contributed by atoms with van der Waals surface area (Å²) in [4.78, 5) is 36.3. The molecule has 1 unspecified atom stereocenters. The second-order valence-electron chi connectivity index (χ2n) is 8.13. The number of hydrogen-bond donors (Lipinski definition) is 1. The Morgan fingerprint density at radius 3 is 2.73 bits per heavy atom. The van der Waals surface area contributed by atoms with Crippen molar-refractivity contribution in [3.05, 3.63) is 53.1 Å². The number of carbonyl (C=O) groups is 2. The predicted molar refractivity (Wildman–Crippen MR) is 111 cm³/mol. The molecule has 1 aliphatic carbocycles. The molecule has 3 aromatic heterocycles. The normalized spacial score (nSPS) is 18.7. The van der Waals surface area contributed by atoms with Crippen LogP contribution in [0.25, 0.3) is 11.0 Å². The van der Waals surface area contributed by atoms with Crippen molar-refractivity contribution in [2.75, 3.05) is 20.1 Å². The van der Waals surface area contributed by atoms with Gasteiger partial charge in [-0.3, -0.25) is 19.3 Å². The Bertz CT molecular complexity index is 1140. The summed E-state index contributed by atoms with van der Waals surface area (Å²) in [5.74, 6) is 0.355. The fourth-order valence-electron chi connectivity index (χ4n) is 4.32. The zero-order valence-electron chi connectivity index (χ0n) is 17.1. The van der Waals surface area contributed by atoms with Crippen LogP contribution in [0.5, 0.6) is 0 Å². The first-order valence-electron chi connectivity index (χ1n) is 10.4. The minimum Gasteiger partial charge on any atom is -0.355 e. The molecule has 0 aromatic carbocycles. The molecule has 1 aliphatic heterocycles. The quantitative estimate of drug-likeness (QED) is 0.720. The summed E-state index contributed by atoms with van der Waals surface area (Å²) in [6, 6.07) is 5.48. The first-order valence-corrected chi connectivity index (χ1v) is 10.4. The van der Waals surface area contributed by atoms with Gasteiger partial charge in [0, 0.05) is 57.1 Å². The maximum atomic E-state index is 12.8. The molecule has 8 heteroatoms. The van der Waals surface area contributed by atoms with Gasteiger partial charge in [-0.15, -0.1) is 0 Å². The van der Waals surface area contributed by atoms with Crippen LogP contribution in [0, 0.1) is 0 Å². The lowest BCUT2D eigenvalue weighted by molar-refractivity contribution is 0.0790. The summed E-state index contributed by atoms with van der Waals surface area (Å²) >= 11 is 0. The number of rotatable bonds is 4. The maximum absolute atomic E-state index is 12.8. The van der Waals surface area contributed by atoms with Gasteiger partial charge in [-0.2, -0.15) is 5.10 Å². The van der Waals surface area contributed by atoms with Gasteiger partial charge in [0.1, 0.15) is 0 Å². The van der Waals surface area contributed by atoms with Crippen LogP contribution in [-0.2, 0) is 7.05 Å². The minimum atomic E-state index is -0.125. The van der Waals surface area contributed by atoms with E-state index in [1.54, 1.807) is 36.3 Å². The van der Waals surface area contributed by atoms with E-state index in [-0.39, 0.29) is 17.7 Å². The highest BCUT2D eigenvalue weighted by molar-refractivity contribution is 6.06. The van der Waals surface area contributed by atoms with Crippen molar-refractivity contribution in [3.8, 4) is 0 Å². The summed E-state index contributed by atoms with van der Waals surface area (Å²) in [5, 5.41) is 8.33. The molecule has 0 radical (unpaired) electrons. The highest BCUT2D eigenvalue weighted by Gasteiger charge is 2.34. The van der Waals surface area contributed by atoms with E-state index in [4.69, 9.17) is 10.1 Å². The smallest absolute Gasteiger partial charge is 0.255 e. The fourth-order valence-corrected chi connectivity index (χ4v) is 4.32. The average Bonchev–Trinajstić information content (AvgIpc) is 3.43. The van der Waals surface area contributed by atoms with Gasteiger partial charge in [0.25, 0.3) is 11.8 Å². The first-order chi connectivity index (χ1) is 14.6. The number of aromatic nitrogens is 4. The second kappa shape index (κ2) is 7.19. The Morgan fingerprint density at radius 1 is 1.20 bits per heavy atom. The van der Waals surface area contributed by atoms with Crippen molar-refractivity contribution in [2.24, 2.45) is 7.05 Å². The zero-order valence-corrected chi connectivity index (χ0v) is 17.1. The fraction of sp³-hybridized carbons (Fsp3) is 0.409. The largest absolute Gasteiger partial charge is 0.355 e. The third kappa shape index (κ3) is 3.12. The van der Waals surface area contributed by atoms with E-state index in [1.807, 2.05) is 18.0 Å². The van der Waals surface area contributed by atoms with Gasteiger partial charge in [0.15, 0.2) is 5.65 Å². The molecule has 1 atom stereocenters. The molecule has 1 saturated heterocycles. The highest BCUT2D eigenvalue weighted by Crippen LogP contribution is 2.41. The number of likely N-dealkylation sites (tertiary alicyclic amines) is 1. The Hall–Kier alpha value is -3.29. The van der Waals surface area contributed by atoms with Crippen LogP contribution >= 0.6 is 0 Å². The van der Waals surface area contributed by atoms with Gasteiger partial charge < -0.3 is 10.2 Å². The molecule has 1 saturated carbocycles. The lowest BCUT2D eigenvalue weighted by Gasteiger charge is -2.16. The molecule has 2 fully saturated rings. The standard InChI is InChI=1S/C22H24N6O2/c1-23-21(29)16-10-17(13-5-6-13)25-20-18(16)19(26-27(20)2)15-7-9-28(12-15)22(30)14-4-3-8-24-11-14/h3-4,8,10-11,13,15H,5-7,9,12H2,1-2H3,(H,23,29). The SMILES string of the molecule is CNC(=O)c1cc(C2CC2)nc2c1c(C1CCN(C(=O)c3cccnc3)C1)nn2C. The molecule has 8 nitrogen and oxygen atoms in total. The summed E-state index contributed by atoms with van der Waals surface area (Å²) in [7, 11) is 3.52. The molecule has 1 N–H and O–H groups in total. The van der Waals surface area contributed by atoms with Crippen LogP contribution in [0.4, 0.5) is 0 Å². The van der Waals surface area contributed by atoms with Crippen molar-refractivity contribution in [2.45, 2.75) is 31.1 Å². The van der Waals surface area contributed by atoms with Crippen molar-refractivity contribution in [1.82, 2.24) is 30.0 Å². The van der Waals surface area contributed by atoms with E-state index in [0.29, 0.717) is 30.1 Å². The van der Waals surface area contributed by atoms with Crippen molar-refractivity contribution >= 4 is 22.8 Å². The molecular formula is C22H24N6O2. The van der Waals surface area contributed by atoms with Crippen LogP contribution in [0.15, 0.2) is 30.6 Å². The van der Waals surface area contributed by atoms with E-state index in [0.717, 1.165) is 41.7 Å². The first kappa shape index (κ1) is 18.7. The van der Waals surface area contributed by atoms with Crippen molar-refractivity contribution < 1.29 is 9.59 Å². The van der Waals surface area contributed by atoms with Crippen molar-refractivity contribution in [1.29, 1.82) is 0 Å². The molecule has 2 amide bonds. The molecule has 30 heavy (non-hydrogen) atoms. The summed E-state index contributed by atoms with van der Waals surface area (Å²) in [5.41, 5.74) is 3.78. The minimum absolute atomic E-state index is 0.0218. The Labute approximate surface area is 174 Å². The topological polar surface area (TPSA) is 93.0 Å². The number of amides is 2. The van der Waals surface area contributed by atoms with E-state index in [1.165, 1.54) is 0 Å². The number of pyridine rings is 2. The molecular weight excluding hydrogens is 380 g/mol. The summed E-state index contributed by atoms with van der Waals surface area (Å²) < 4.78 is 1.77.